The van der Waals surface area contributed by atoms with Crippen LogP contribution in [0.2, 0.25) is 5.02 Å². The zero-order valence-electron chi connectivity index (χ0n) is 18.6. The van der Waals surface area contributed by atoms with Crippen LogP contribution in [0.1, 0.15) is 23.2 Å². The van der Waals surface area contributed by atoms with Gasteiger partial charge in [-0.3, -0.25) is 9.59 Å². The molecule has 2 amide bonds. The summed E-state index contributed by atoms with van der Waals surface area (Å²) in [4.78, 5) is 25.6. The van der Waals surface area contributed by atoms with Gasteiger partial charge in [0, 0.05) is 31.2 Å². The summed E-state index contributed by atoms with van der Waals surface area (Å²) in [6.45, 7) is 0.341. The Kier molecular flexibility index (Phi) is 7.83. The lowest BCUT2D eigenvalue weighted by atomic mass is 9.98. The van der Waals surface area contributed by atoms with Crippen molar-refractivity contribution < 1.29 is 27.5 Å². The molecule has 0 bridgehead atoms. The minimum absolute atomic E-state index is 0.0272. The number of halogens is 1. The average Bonchev–Trinajstić information content (AvgIpc) is 2.83. The molecular formula is C22H26ClN3O6S. The number of hydrogen-bond acceptors (Lipinski definition) is 6. The highest BCUT2D eigenvalue weighted by atomic mass is 35.5. The summed E-state index contributed by atoms with van der Waals surface area (Å²) < 4.78 is 37.9. The topological polar surface area (TPSA) is 114 Å². The maximum absolute atomic E-state index is 13.1. The number of nitrogens with one attached hydrogen (secondary N) is 2. The Balaban J connectivity index is 1.83. The van der Waals surface area contributed by atoms with Gasteiger partial charge in [-0.25, -0.2) is 8.42 Å². The van der Waals surface area contributed by atoms with Gasteiger partial charge in [0.1, 0.15) is 0 Å². The minimum Gasteiger partial charge on any atom is -0.493 e. The van der Waals surface area contributed by atoms with Gasteiger partial charge in [0.25, 0.3) is 5.91 Å². The maximum atomic E-state index is 13.1. The van der Waals surface area contributed by atoms with Crippen molar-refractivity contribution in [1.82, 2.24) is 9.62 Å². The molecule has 1 aliphatic heterocycles. The number of sulfonamides is 1. The second-order valence-corrected chi connectivity index (χ2v) is 9.85. The third-order valence-electron chi connectivity index (χ3n) is 5.46. The van der Waals surface area contributed by atoms with Crippen LogP contribution in [0, 0.1) is 5.92 Å². The molecule has 0 radical (unpaired) electrons. The maximum Gasteiger partial charge on any atom is 0.253 e. The third-order valence-corrected chi connectivity index (χ3v) is 7.59. The van der Waals surface area contributed by atoms with Crippen LogP contribution in [0.5, 0.6) is 11.5 Å². The number of ether oxygens (including phenoxy) is 2. The van der Waals surface area contributed by atoms with Crippen LogP contribution >= 0.6 is 11.6 Å². The van der Waals surface area contributed by atoms with Crippen LogP contribution in [0.4, 0.5) is 5.69 Å². The van der Waals surface area contributed by atoms with E-state index in [9.17, 15) is 18.0 Å². The molecule has 11 heteroatoms. The Hall–Kier alpha value is -2.82. The molecule has 1 saturated heterocycles. The molecular weight excluding hydrogens is 470 g/mol. The molecule has 0 aromatic heterocycles. The number of benzene rings is 2. The molecule has 0 unspecified atom stereocenters. The van der Waals surface area contributed by atoms with Gasteiger partial charge in [-0.05, 0) is 43.2 Å². The van der Waals surface area contributed by atoms with Gasteiger partial charge in [0.15, 0.2) is 11.5 Å². The number of hydrogen-bond donors (Lipinski definition) is 2. The van der Waals surface area contributed by atoms with E-state index in [1.165, 1.54) is 62.0 Å². The van der Waals surface area contributed by atoms with E-state index in [1.807, 2.05) is 0 Å². The highest BCUT2D eigenvalue weighted by Gasteiger charge is 2.34. The molecule has 2 aromatic rings. The van der Waals surface area contributed by atoms with Crippen molar-refractivity contribution in [3.05, 3.63) is 47.0 Å². The Morgan fingerprint density at radius 1 is 1.09 bits per heavy atom. The largest absolute Gasteiger partial charge is 0.493 e. The number of methoxy groups -OCH3 is 2. The number of rotatable bonds is 7. The van der Waals surface area contributed by atoms with E-state index in [1.54, 1.807) is 0 Å². The monoisotopic (exact) mass is 495 g/mol. The molecule has 1 aliphatic rings. The molecule has 1 heterocycles. The fourth-order valence-corrected chi connectivity index (χ4v) is 5.32. The second-order valence-electron chi connectivity index (χ2n) is 7.48. The minimum atomic E-state index is -3.77. The number of carbonyl (C=O) groups is 2. The lowest BCUT2D eigenvalue weighted by Crippen LogP contribution is -2.43. The van der Waals surface area contributed by atoms with Crippen LogP contribution in [0.15, 0.2) is 41.3 Å². The Bertz CT molecular complexity index is 1140. The lowest BCUT2D eigenvalue weighted by Gasteiger charge is -2.31. The fraction of sp³-hybridized carbons (Fsp3) is 0.364. The first kappa shape index (κ1) is 24.8. The lowest BCUT2D eigenvalue weighted by molar-refractivity contribution is -0.120. The fourth-order valence-electron chi connectivity index (χ4n) is 3.67. The van der Waals surface area contributed by atoms with Crippen LogP contribution < -0.4 is 20.1 Å². The molecule has 1 atom stereocenters. The molecule has 3 rings (SSSR count). The normalized spacial score (nSPS) is 16.7. The van der Waals surface area contributed by atoms with E-state index in [-0.39, 0.29) is 28.6 Å². The predicted molar refractivity (Wildman–Crippen MR) is 125 cm³/mol. The van der Waals surface area contributed by atoms with E-state index in [0.29, 0.717) is 35.9 Å². The number of piperidine rings is 1. The molecule has 0 aliphatic carbocycles. The quantitative estimate of drug-likeness (QED) is 0.610. The summed E-state index contributed by atoms with van der Waals surface area (Å²) in [5, 5.41) is 5.73. The van der Waals surface area contributed by atoms with Gasteiger partial charge in [-0.2, -0.15) is 4.31 Å². The zero-order valence-corrected chi connectivity index (χ0v) is 20.1. The Labute approximate surface area is 198 Å². The Morgan fingerprint density at radius 3 is 2.33 bits per heavy atom. The van der Waals surface area contributed by atoms with Crippen LogP contribution in [0.25, 0.3) is 0 Å². The van der Waals surface area contributed by atoms with E-state index in [4.69, 9.17) is 21.1 Å². The molecule has 2 N–H and O–H groups in total. The van der Waals surface area contributed by atoms with Crippen molar-refractivity contribution in [2.75, 3.05) is 39.7 Å². The molecule has 178 valence electrons. The van der Waals surface area contributed by atoms with Crippen molar-refractivity contribution in [3.8, 4) is 11.5 Å². The number of carbonyl (C=O) groups excluding carboxylic acids is 2. The Morgan fingerprint density at radius 2 is 1.73 bits per heavy atom. The number of anilines is 1. The van der Waals surface area contributed by atoms with Gasteiger partial charge >= 0.3 is 0 Å². The van der Waals surface area contributed by atoms with Gasteiger partial charge < -0.3 is 20.1 Å². The number of nitrogens with zero attached hydrogens (tertiary/aromatic N) is 1. The van der Waals surface area contributed by atoms with E-state index in [0.717, 1.165) is 0 Å². The smallest absolute Gasteiger partial charge is 0.253 e. The van der Waals surface area contributed by atoms with Crippen molar-refractivity contribution in [2.24, 2.45) is 5.92 Å². The van der Waals surface area contributed by atoms with Crippen LogP contribution in [-0.4, -0.2) is 58.9 Å². The SMILES string of the molecule is CNC(=O)c1cc(OC)c(OC)cc1NC(=O)[C@H]1CCCN(S(=O)(=O)c2ccc(Cl)cc2)C1. The molecule has 0 saturated carbocycles. The second kappa shape index (κ2) is 10.4. The van der Waals surface area contributed by atoms with Crippen molar-refractivity contribution >= 4 is 39.1 Å². The summed E-state index contributed by atoms with van der Waals surface area (Å²) in [5.41, 5.74) is 0.444. The first-order chi connectivity index (χ1) is 15.7. The average molecular weight is 496 g/mol. The highest BCUT2D eigenvalue weighted by molar-refractivity contribution is 7.89. The standard InChI is InChI=1S/C22H26ClN3O6S/c1-24-22(28)17-11-19(31-2)20(32-3)12-18(17)25-21(27)14-5-4-10-26(13-14)33(29,30)16-8-6-15(23)7-9-16/h6-9,11-12,14H,4-5,10,13H2,1-3H3,(H,24,28)(H,25,27)/t14-/m0/s1. The van der Waals surface area contributed by atoms with Crippen molar-refractivity contribution in [3.63, 3.8) is 0 Å². The summed E-state index contributed by atoms with van der Waals surface area (Å²) >= 11 is 5.87. The van der Waals surface area contributed by atoms with Gasteiger partial charge in [-0.15, -0.1) is 0 Å². The first-order valence-electron chi connectivity index (χ1n) is 10.3. The summed E-state index contributed by atoms with van der Waals surface area (Å²) in [7, 11) is 0.602. The van der Waals surface area contributed by atoms with E-state index < -0.39 is 21.8 Å². The molecule has 33 heavy (non-hydrogen) atoms. The van der Waals surface area contributed by atoms with Crippen molar-refractivity contribution in [1.29, 1.82) is 0 Å². The number of amides is 2. The molecule has 2 aromatic carbocycles. The predicted octanol–water partition coefficient (Wildman–Crippen LogP) is 2.76. The summed E-state index contributed by atoms with van der Waals surface area (Å²) in [5.74, 6) is -0.709. The van der Waals surface area contributed by atoms with Gasteiger partial charge in [-0.1, -0.05) is 11.6 Å². The van der Waals surface area contributed by atoms with Crippen molar-refractivity contribution in [2.45, 2.75) is 17.7 Å². The highest BCUT2D eigenvalue weighted by Crippen LogP contribution is 2.34. The van der Waals surface area contributed by atoms with Crippen LogP contribution in [0.3, 0.4) is 0 Å². The summed E-state index contributed by atoms with van der Waals surface area (Å²) in [6, 6.07) is 8.90. The summed E-state index contributed by atoms with van der Waals surface area (Å²) in [6.07, 6.45) is 1.04. The van der Waals surface area contributed by atoms with E-state index >= 15 is 0 Å². The van der Waals surface area contributed by atoms with Crippen LogP contribution in [-0.2, 0) is 14.8 Å². The first-order valence-corrected chi connectivity index (χ1v) is 12.1. The molecule has 9 nitrogen and oxygen atoms in total. The van der Waals surface area contributed by atoms with Gasteiger partial charge in [0.2, 0.25) is 15.9 Å². The van der Waals surface area contributed by atoms with Gasteiger partial charge in [0.05, 0.1) is 36.3 Å². The molecule has 0 spiro atoms. The zero-order chi connectivity index (χ0) is 24.2. The third kappa shape index (κ3) is 5.40. The van der Waals surface area contributed by atoms with E-state index in [2.05, 4.69) is 10.6 Å². The molecule has 1 fully saturated rings.